The molecule has 19 heavy (non-hydrogen) atoms. The summed E-state index contributed by atoms with van der Waals surface area (Å²) in [6, 6.07) is 0. The Bertz CT molecular complexity index is 311. The van der Waals surface area contributed by atoms with Gasteiger partial charge in [-0.2, -0.15) is 0 Å². The van der Waals surface area contributed by atoms with Crippen molar-refractivity contribution in [2.24, 2.45) is 11.3 Å². The summed E-state index contributed by atoms with van der Waals surface area (Å²) in [6.07, 6.45) is 6.26. The summed E-state index contributed by atoms with van der Waals surface area (Å²) in [5.41, 5.74) is -0.512. The molecule has 0 aromatic carbocycles. The predicted octanol–water partition coefficient (Wildman–Crippen LogP) is 2.38. The van der Waals surface area contributed by atoms with Crippen molar-refractivity contribution in [2.45, 2.75) is 51.6 Å². The topological polar surface area (TPSA) is 49.8 Å². The molecule has 1 atom stereocenters. The van der Waals surface area contributed by atoms with E-state index in [9.17, 15) is 9.90 Å². The number of carboxylic acid groups (broad SMARTS) is 1. The fraction of sp³-hybridized carbons (Fsp3) is 0.933. The molecule has 4 heteroatoms. The van der Waals surface area contributed by atoms with Crippen LogP contribution in [0.1, 0.15) is 45.4 Å². The minimum Gasteiger partial charge on any atom is -0.481 e. The Morgan fingerprint density at radius 1 is 1.37 bits per heavy atom. The van der Waals surface area contributed by atoms with Crippen LogP contribution in [0.25, 0.3) is 0 Å². The lowest BCUT2D eigenvalue weighted by molar-refractivity contribution is -0.153. The number of aliphatic carboxylic acids is 1. The van der Waals surface area contributed by atoms with E-state index in [1.165, 1.54) is 0 Å². The normalized spacial score (nSPS) is 37.2. The molecule has 1 saturated carbocycles. The summed E-state index contributed by atoms with van der Waals surface area (Å²) in [5.74, 6) is 0.0829. The first kappa shape index (κ1) is 14.8. The third kappa shape index (κ3) is 3.48. The lowest BCUT2D eigenvalue weighted by Gasteiger charge is -2.41. The number of ether oxygens (including phenoxy) is 1. The van der Waals surface area contributed by atoms with Crippen LogP contribution in [0.4, 0.5) is 0 Å². The molecule has 1 N–H and O–H groups in total. The van der Waals surface area contributed by atoms with Gasteiger partial charge in [0.2, 0.25) is 0 Å². The van der Waals surface area contributed by atoms with Crippen molar-refractivity contribution in [3.8, 4) is 0 Å². The van der Waals surface area contributed by atoms with E-state index < -0.39 is 11.4 Å². The molecule has 0 radical (unpaired) electrons. The number of hydrogen-bond acceptors (Lipinski definition) is 3. The lowest BCUT2D eigenvalue weighted by Crippen LogP contribution is -2.49. The first-order chi connectivity index (χ1) is 9.05. The highest BCUT2D eigenvalue weighted by atomic mass is 16.5. The van der Waals surface area contributed by atoms with Crippen LogP contribution in [0, 0.1) is 11.3 Å². The van der Waals surface area contributed by atoms with Crippen LogP contribution in [0.3, 0.4) is 0 Å². The molecule has 1 heterocycles. The lowest BCUT2D eigenvalue weighted by atomic mass is 9.70. The standard InChI is InChI=1S/C15H27NO3/c1-12-5-7-15(8-6-12,14(17)18)11-16-9-3-4-13(10-16)19-2/h12-13H,3-11H2,1-2H3,(H,17,18). The molecule has 0 amide bonds. The second-order valence-electron chi connectivity index (χ2n) is 6.50. The Hall–Kier alpha value is -0.610. The number of piperidine rings is 1. The Morgan fingerprint density at radius 2 is 2.05 bits per heavy atom. The van der Waals surface area contributed by atoms with Crippen molar-refractivity contribution in [3.63, 3.8) is 0 Å². The average Bonchev–Trinajstić information content (AvgIpc) is 2.41. The molecule has 0 bridgehead atoms. The number of likely N-dealkylation sites (tertiary alicyclic amines) is 1. The zero-order valence-electron chi connectivity index (χ0n) is 12.2. The van der Waals surface area contributed by atoms with Crippen molar-refractivity contribution in [1.82, 2.24) is 4.90 Å². The van der Waals surface area contributed by atoms with E-state index in [1.807, 2.05) is 0 Å². The highest BCUT2D eigenvalue weighted by Gasteiger charge is 2.43. The van der Waals surface area contributed by atoms with Gasteiger partial charge in [0, 0.05) is 20.2 Å². The molecule has 0 aromatic rings. The van der Waals surface area contributed by atoms with E-state index in [2.05, 4.69) is 11.8 Å². The van der Waals surface area contributed by atoms with Gasteiger partial charge in [-0.15, -0.1) is 0 Å². The van der Waals surface area contributed by atoms with Crippen molar-refractivity contribution < 1.29 is 14.6 Å². The number of carbonyl (C=O) groups is 1. The van der Waals surface area contributed by atoms with Crippen LogP contribution in [0.15, 0.2) is 0 Å². The van der Waals surface area contributed by atoms with E-state index >= 15 is 0 Å². The van der Waals surface area contributed by atoms with Crippen molar-refractivity contribution in [1.29, 1.82) is 0 Å². The maximum absolute atomic E-state index is 11.7. The predicted molar refractivity (Wildman–Crippen MR) is 74.2 cm³/mol. The highest BCUT2D eigenvalue weighted by molar-refractivity contribution is 5.75. The number of rotatable bonds is 4. The molecule has 0 aromatic heterocycles. The SMILES string of the molecule is COC1CCCN(CC2(C(=O)O)CCC(C)CC2)C1. The zero-order valence-corrected chi connectivity index (χ0v) is 12.2. The Balaban J connectivity index is 1.98. The quantitative estimate of drug-likeness (QED) is 0.851. The van der Waals surface area contributed by atoms with Gasteiger partial charge in [0.25, 0.3) is 0 Å². The first-order valence-corrected chi connectivity index (χ1v) is 7.54. The van der Waals surface area contributed by atoms with Gasteiger partial charge in [0.05, 0.1) is 11.5 Å². The van der Waals surface area contributed by atoms with E-state index in [0.29, 0.717) is 12.5 Å². The summed E-state index contributed by atoms with van der Waals surface area (Å²) in [5, 5.41) is 9.67. The van der Waals surface area contributed by atoms with Crippen LogP contribution in [0.5, 0.6) is 0 Å². The minimum atomic E-state index is -0.598. The van der Waals surface area contributed by atoms with Gasteiger partial charge in [-0.25, -0.2) is 0 Å². The van der Waals surface area contributed by atoms with Gasteiger partial charge < -0.3 is 9.84 Å². The molecule has 1 aliphatic carbocycles. The van der Waals surface area contributed by atoms with E-state index in [1.54, 1.807) is 7.11 Å². The molecule has 110 valence electrons. The second kappa shape index (κ2) is 6.23. The molecule has 2 fully saturated rings. The van der Waals surface area contributed by atoms with Crippen LogP contribution in [-0.4, -0.2) is 48.8 Å². The van der Waals surface area contributed by atoms with Crippen LogP contribution < -0.4 is 0 Å². The number of carboxylic acids is 1. The van der Waals surface area contributed by atoms with Gasteiger partial charge in [-0.3, -0.25) is 9.69 Å². The highest BCUT2D eigenvalue weighted by Crippen LogP contribution is 2.40. The fourth-order valence-corrected chi connectivity index (χ4v) is 3.53. The third-order valence-electron chi connectivity index (χ3n) is 5.01. The van der Waals surface area contributed by atoms with Gasteiger partial charge >= 0.3 is 5.97 Å². The minimum absolute atomic E-state index is 0.280. The zero-order chi connectivity index (χ0) is 13.9. The molecule has 2 aliphatic rings. The summed E-state index contributed by atoms with van der Waals surface area (Å²) in [6.45, 7) is 4.84. The molecule has 2 rings (SSSR count). The fourth-order valence-electron chi connectivity index (χ4n) is 3.53. The van der Waals surface area contributed by atoms with Gasteiger partial charge in [-0.1, -0.05) is 6.92 Å². The van der Waals surface area contributed by atoms with Gasteiger partial charge in [0.15, 0.2) is 0 Å². The number of hydrogen-bond donors (Lipinski definition) is 1. The molecule has 1 saturated heterocycles. The molecule has 4 nitrogen and oxygen atoms in total. The maximum Gasteiger partial charge on any atom is 0.310 e. The van der Waals surface area contributed by atoms with E-state index in [-0.39, 0.29) is 6.10 Å². The molecule has 1 aliphatic heterocycles. The Morgan fingerprint density at radius 3 is 2.63 bits per heavy atom. The smallest absolute Gasteiger partial charge is 0.310 e. The number of methoxy groups -OCH3 is 1. The van der Waals surface area contributed by atoms with E-state index in [4.69, 9.17) is 4.74 Å². The molecular weight excluding hydrogens is 242 g/mol. The van der Waals surface area contributed by atoms with Gasteiger partial charge in [-0.05, 0) is 51.0 Å². The monoisotopic (exact) mass is 269 g/mol. The largest absolute Gasteiger partial charge is 0.481 e. The van der Waals surface area contributed by atoms with Gasteiger partial charge in [0.1, 0.15) is 0 Å². The maximum atomic E-state index is 11.7. The summed E-state index contributed by atoms with van der Waals surface area (Å²) in [7, 11) is 1.75. The Kier molecular flexibility index (Phi) is 4.85. The van der Waals surface area contributed by atoms with Crippen LogP contribution >= 0.6 is 0 Å². The second-order valence-corrected chi connectivity index (χ2v) is 6.50. The van der Waals surface area contributed by atoms with Crippen LogP contribution in [-0.2, 0) is 9.53 Å². The average molecular weight is 269 g/mol. The van der Waals surface area contributed by atoms with Crippen LogP contribution in [0.2, 0.25) is 0 Å². The molecule has 0 spiro atoms. The van der Waals surface area contributed by atoms with E-state index in [0.717, 1.165) is 51.6 Å². The summed E-state index contributed by atoms with van der Waals surface area (Å²) < 4.78 is 5.43. The molecular formula is C15H27NO3. The summed E-state index contributed by atoms with van der Waals surface area (Å²) in [4.78, 5) is 14.1. The Labute approximate surface area is 116 Å². The third-order valence-corrected chi connectivity index (χ3v) is 5.01. The van der Waals surface area contributed by atoms with Crippen molar-refractivity contribution in [2.75, 3.05) is 26.7 Å². The van der Waals surface area contributed by atoms with Crippen molar-refractivity contribution >= 4 is 5.97 Å². The summed E-state index contributed by atoms with van der Waals surface area (Å²) >= 11 is 0. The van der Waals surface area contributed by atoms with Crippen molar-refractivity contribution in [3.05, 3.63) is 0 Å². The first-order valence-electron chi connectivity index (χ1n) is 7.54. The number of nitrogens with zero attached hydrogens (tertiary/aromatic N) is 1. The molecule has 1 unspecified atom stereocenters.